The van der Waals surface area contributed by atoms with E-state index in [1.54, 1.807) is 12.1 Å². The molecule has 0 aliphatic heterocycles. The van der Waals surface area contributed by atoms with Gasteiger partial charge in [0.1, 0.15) is 0 Å². The van der Waals surface area contributed by atoms with Gasteiger partial charge in [0.15, 0.2) is 18.8 Å². The highest BCUT2D eigenvalue weighted by molar-refractivity contribution is 6.53. The number of phenols is 2. The molecule has 57 valence electrons. The summed E-state index contributed by atoms with van der Waals surface area (Å²) in [6, 6.07) is 4.79. The first-order valence-corrected chi connectivity index (χ1v) is 3.59. The number of phenolic OH excluding ortho intramolecular Hbond substituents is 2. The summed E-state index contributed by atoms with van der Waals surface area (Å²) in [4.78, 5) is 0. The zero-order valence-electron chi connectivity index (χ0n) is 6.41. The van der Waals surface area contributed by atoms with Crippen molar-refractivity contribution in [2.24, 2.45) is 0 Å². The molecule has 11 heavy (non-hydrogen) atoms. The van der Waals surface area contributed by atoms with E-state index in [9.17, 15) is 0 Å². The largest absolute Gasteiger partial charge is 0.504 e. The molecule has 1 aromatic rings. The molecule has 0 saturated heterocycles. The average Bonchev–Trinajstić information content (AvgIpc) is 1.98. The Balaban J connectivity index is 2.86. The van der Waals surface area contributed by atoms with Crippen LogP contribution in [0.1, 0.15) is 6.92 Å². The summed E-state index contributed by atoms with van der Waals surface area (Å²) < 4.78 is 0. The van der Waals surface area contributed by atoms with Gasteiger partial charge in [-0.3, -0.25) is 0 Å². The summed E-state index contributed by atoms with van der Waals surface area (Å²) in [6.45, 7) is 2.02. The Morgan fingerprint density at radius 1 is 1.27 bits per heavy atom. The highest BCUT2D eigenvalue weighted by Crippen LogP contribution is 2.20. The fraction of sp³-hybridized carbons (Fsp3) is 0.250. The lowest BCUT2D eigenvalue weighted by Gasteiger charge is -1.99. The molecule has 0 bridgehead atoms. The van der Waals surface area contributed by atoms with Crippen molar-refractivity contribution in [3.63, 3.8) is 0 Å². The minimum atomic E-state index is -0.0711. The zero-order chi connectivity index (χ0) is 8.27. The lowest BCUT2D eigenvalue weighted by Crippen LogP contribution is -2.11. The molecular weight excluding hydrogens is 139 g/mol. The van der Waals surface area contributed by atoms with Gasteiger partial charge in [-0.1, -0.05) is 24.8 Å². The van der Waals surface area contributed by atoms with E-state index < -0.39 is 0 Å². The van der Waals surface area contributed by atoms with E-state index in [2.05, 4.69) is 0 Å². The minimum absolute atomic E-state index is 0.0628. The van der Waals surface area contributed by atoms with Gasteiger partial charge in [-0.15, -0.1) is 0 Å². The molecule has 1 rings (SSSR count). The first-order chi connectivity index (χ1) is 5.24. The maximum absolute atomic E-state index is 9.06. The molecule has 3 heteroatoms. The van der Waals surface area contributed by atoms with Crippen LogP contribution in [0.4, 0.5) is 0 Å². The van der Waals surface area contributed by atoms with Crippen LogP contribution in [0.15, 0.2) is 18.2 Å². The maximum Gasteiger partial charge on any atom is 0.157 e. The van der Waals surface area contributed by atoms with Crippen molar-refractivity contribution in [2.45, 2.75) is 13.2 Å². The van der Waals surface area contributed by atoms with Crippen LogP contribution in [-0.2, 0) is 0 Å². The van der Waals surface area contributed by atoms with E-state index >= 15 is 0 Å². The molecule has 0 atom stereocenters. The van der Waals surface area contributed by atoms with Gasteiger partial charge < -0.3 is 10.2 Å². The summed E-state index contributed by atoms with van der Waals surface area (Å²) in [6.07, 6.45) is 0.921. The van der Waals surface area contributed by atoms with Crippen LogP contribution >= 0.6 is 0 Å². The second-order valence-corrected chi connectivity index (χ2v) is 2.36. The van der Waals surface area contributed by atoms with Gasteiger partial charge in [0.2, 0.25) is 0 Å². The lowest BCUT2D eigenvalue weighted by atomic mass is 9.68. The predicted molar refractivity (Wildman–Crippen MR) is 45.6 cm³/mol. The molecule has 0 aromatic heterocycles. The van der Waals surface area contributed by atoms with Gasteiger partial charge in [0.25, 0.3) is 0 Å². The van der Waals surface area contributed by atoms with E-state index in [4.69, 9.17) is 10.2 Å². The van der Waals surface area contributed by atoms with Crippen LogP contribution < -0.4 is 5.46 Å². The standard InChI is InChI=1S/C8H10BO2/c1-2-9-6-3-4-7(10)8(11)5-6/h3-5,10-11H,2H2,1H3. The Labute approximate surface area is 66.7 Å². The van der Waals surface area contributed by atoms with Crippen LogP contribution in [0.5, 0.6) is 11.5 Å². The smallest absolute Gasteiger partial charge is 0.157 e. The third-order valence-corrected chi connectivity index (χ3v) is 1.44. The molecule has 1 radical (unpaired) electrons. The zero-order valence-corrected chi connectivity index (χ0v) is 6.41. The molecule has 0 saturated carbocycles. The third-order valence-electron chi connectivity index (χ3n) is 1.44. The molecule has 0 aliphatic carbocycles. The topological polar surface area (TPSA) is 40.5 Å². The normalized spacial score (nSPS) is 9.55. The second-order valence-electron chi connectivity index (χ2n) is 2.36. The van der Waals surface area contributed by atoms with Crippen molar-refractivity contribution in [3.8, 4) is 11.5 Å². The number of aromatic hydroxyl groups is 2. The first kappa shape index (κ1) is 7.99. The van der Waals surface area contributed by atoms with Crippen molar-refractivity contribution in [3.05, 3.63) is 18.2 Å². The summed E-state index contributed by atoms with van der Waals surface area (Å²) >= 11 is 0. The van der Waals surface area contributed by atoms with E-state index in [-0.39, 0.29) is 11.5 Å². The van der Waals surface area contributed by atoms with Gasteiger partial charge in [0.05, 0.1) is 0 Å². The molecule has 0 aliphatic rings. The van der Waals surface area contributed by atoms with Crippen molar-refractivity contribution in [1.29, 1.82) is 0 Å². The van der Waals surface area contributed by atoms with Crippen LogP contribution in [0.2, 0.25) is 6.32 Å². The molecular formula is C8H10BO2. The molecule has 2 nitrogen and oxygen atoms in total. The molecule has 0 spiro atoms. The lowest BCUT2D eigenvalue weighted by molar-refractivity contribution is 0.404. The van der Waals surface area contributed by atoms with Crippen molar-refractivity contribution in [1.82, 2.24) is 0 Å². The second kappa shape index (κ2) is 3.33. The van der Waals surface area contributed by atoms with Crippen LogP contribution in [0, 0.1) is 0 Å². The quantitative estimate of drug-likeness (QED) is 0.483. The van der Waals surface area contributed by atoms with Crippen molar-refractivity contribution < 1.29 is 10.2 Å². The SMILES string of the molecule is CC[B]c1ccc(O)c(O)c1. The highest BCUT2D eigenvalue weighted by Gasteiger charge is 1.99. The van der Waals surface area contributed by atoms with E-state index in [0.29, 0.717) is 0 Å². The van der Waals surface area contributed by atoms with Crippen LogP contribution in [0.3, 0.4) is 0 Å². The van der Waals surface area contributed by atoms with Gasteiger partial charge in [-0.25, -0.2) is 0 Å². The van der Waals surface area contributed by atoms with Gasteiger partial charge >= 0.3 is 0 Å². The summed E-state index contributed by atoms with van der Waals surface area (Å²) in [7, 11) is 1.97. The molecule has 0 unspecified atom stereocenters. The maximum atomic E-state index is 9.06. The van der Waals surface area contributed by atoms with Crippen LogP contribution in [0.25, 0.3) is 0 Å². The highest BCUT2D eigenvalue weighted by atomic mass is 16.3. The molecule has 1 aromatic carbocycles. The van der Waals surface area contributed by atoms with Crippen molar-refractivity contribution in [2.75, 3.05) is 0 Å². The predicted octanol–water partition coefficient (Wildman–Crippen LogP) is 0.865. The molecule has 0 heterocycles. The Morgan fingerprint density at radius 2 is 2.00 bits per heavy atom. The van der Waals surface area contributed by atoms with E-state index in [1.165, 1.54) is 6.07 Å². The number of benzene rings is 1. The monoisotopic (exact) mass is 149 g/mol. The summed E-state index contributed by atoms with van der Waals surface area (Å²) in [5.74, 6) is -0.134. The van der Waals surface area contributed by atoms with Crippen molar-refractivity contribution >= 4 is 12.7 Å². The summed E-state index contributed by atoms with van der Waals surface area (Å²) in [5.41, 5.74) is 0.933. The Bertz CT molecular complexity index is 248. The molecule has 0 amide bonds. The third kappa shape index (κ3) is 1.90. The fourth-order valence-electron chi connectivity index (χ4n) is 0.903. The first-order valence-electron chi connectivity index (χ1n) is 3.59. The van der Waals surface area contributed by atoms with E-state index in [1.807, 2.05) is 14.2 Å². The van der Waals surface area contributed by atoms with Gasteiger partial charge in [-0.05, 0) is 12.1 Å². The number of hydrogen-bond donors (Lipinski definition) is 2. The average molecular weight is 149 g/mol. The fourth-order valence-corrected chi connectivity index (χ4v) is 0.903. The Morgan fingerprint density at radius 3 is 2.55 bits per heavy atom. The van der Waals surface area contributed by atoms with Crippen LogP contribution in [-0.4, -0.2) is 17.5 Å². The Kier molecular flexibility index (Phi) is 2.42. The van der Waals surface area contributed by atoms with Gasteiger partial charge in [0, 0.05) is 0 Å². The number of hydrogen-bond acceptors (Lipinski definition) is 2. The minimum Gasteiger partial charge on any atom is -0.504 e. The molecule has 2 N–H and O–H groups in total. The van der Waals surface area contributed by atoms with Gasteiger partial charge in [-0.2, -0.15) is 0 Å². The number of rotatable bonds is 2. The molecule has 0 fully saturated rings. The Hall–Kier alpha value is -1.12. The van der Waals surface area contributed by atoms with E-state index in [0.717, 1.165) is 11.8 Å². The summed E-state index contributed by atoms with van der Waals surface area (Å²) in [5, 5.41) is 18.0.